The van der Waals surface area contributed by atoms with Crippen LogP contribution in [0.2, 0.25) is 0 Å². The van der Waals surface area contributed by atoms with Crippen molar-refractivity contribution in [3.8, 4) is 0 Å². The molecule has 0 amide bonds. The van der Waals surface area contributed by atoms with Crippen molar-refractivity contribution in [2.75, 3.05) is 13.1 Å². The van der Waals surface area contributed by atoms with Crippen LogP contribution < -0.4 is 5.32 Å². The number of aliphatic hydroxyl groups excluding tert-OH is 1. The summed E-state index contributed by atoms with van der Waals surface area (Å²) in [6.45, 7) is 1.87. The van der Waals surface area contributed by atoms with Gasteiger partial charge in [-0.25, -0.2) is 0 Å². The fourth-order valence-corrected chi connectivity index (χ4v) is 1.79. The van der Waals surface area contributed by atoms with E-state index in [4.69, 9.17) is 9.52 Å². The van der Waals surface area contributed by atoms with Gasteiger partial charge in [0.1, 0.15) is 5.76 Å². The van der Waals surface area contributed by atoms with Crippen LogP contribution in [0.5, 0.6) is 0 Å². The van der Waals surface area contributed by atoms with E-state index in [0.29, 0.717) is 0 Å². The molecule has 19 heavy (non-hydrogen) atoms. The Bertz CT molecular complexity index is 486. The molecule has 0 radical (unpaired) electrons. The lowest BCUT2D eigenvalue weighted by Crippen LogP contribution is -2.16. The summed E-state index contributed by atoms with van der Waals surface area (Å²) in [5.74, 6) is 0.876. The van der Waals surface area contributed by atoms with Gasteiger partial charge in [0.15, 0.2) is 0 Å². The molecule has 1 heterocycles. The smallest absolute Gasteiger partial charge is 0.126 e. The van der Waals surface area contributed by atoms with Gasteiger partial charge < -0.3 is 14.8 Å². The maximum absolute atomic E-state index is 8.95. The molecule has 1 aromatic carbocycles. The molecule has 0 fully saturated rings. The van der Waals surface area contributed by atoms with Gasteiger partial charge in [0.2, 0.25) is 0 Å². The standard InChI is InChI=1S/C16H19NO2/c18-13-15-7-5-14(6-8-15)9-11-17-10-1-3-16-4-2-12-19-16/h1-8,12,17-18H,9-11,13H2/b3-1+. The highest BCUT2D eigenvalue weighted by Crippen LogP contribution is 2.04. The fourth-order valence-electron chi connectivity index (χ4n) is 1.79. The Kier molecular flexibility index (Phi) is 5.41. The highest BCUT2D eigenvalue weighted by Gasteiger charge is 1.93. The number of rotatable bonds is 7. The molecule has 3 nitrogen and oxygen atoms in total. The summed E-state index contributed by atoms with van der Waals surface area (Å²) < 4.78 is 5.20. The van der Waals surface area contributed by atoms with Crippen LogP contribution in [0.15, 0.2) is 53.2 Å². The molecule has 0 aliphatic heterocycles. The number of furan rings is 1. The van der Waals surface area contributed by atoms with Gasteiger partial charge in [-0.05, 0) is 42.3 Å². The zero-order valence-corrected chi connectivity index (χ0v) is 10.9. The lowest BCUT2D eigenvalue weighted by atomic mass is 10.1. The van der Waals surface area contributed by atoms with Gasteiger partial charge in [-0.2, -0.15) is 0 Å². The average molecular weight is 257 g/mol. The Hall–Kier alpha value is -1.84. The highest BCUT2D eigenvalue weighted by molar-refractivity contribution is 5.42. The predicted octanol–water partition coefficient (Wildman–Crippen LogP) is 2.62. The van der Waals surface area contributed by atoms with Crippen LogP contribution in [0.25, 0.3) is 6.08 Å². The van der Waals surface area contributed by atoms with Crippen molar-refractivity contribution in [1.82, 2.24) is 5.32 Å². The third-order valence-corrected chi connectivity index (χ3v) is 2.88. The minimum Gasteiger partial charge on any atom is -0.465 e. The SMILES string of the molecule is OCc1ccc(CCNC/C=C/c2ccco2)cc1. The molecule has 0 bridgehead atoms. The first kappa shape index (κ1) is 13.6. The van der Waals surface area contributed by atoms with E-state index in [1.165, 1.54) is 5.56 Å². The third kappa shape index (κ3) is 4.73. The maximum atomic E-state index is 8.95. The van der Waals surface area contributed by atoms with Gasteiger partial charge in [-0.3, -0.25) is 0 Å². The molecule has 0 unspecified atom stereocenters. The van der Waals surface area contributed by atoms with Crippen molar-refractivity contribution in [2.24, 2.45) is 0 Å². The van der Waals surface area contributed by atoms with Crippen LogP contribution in [0.4, 0.5) is 0 Å². The van der Waals surface area contributed by atoms with Crippen LogP contribution in [-0.2, 0) is 13.0 Å². The van der Waals surface area contributed by atoms with Gasteiger partial charge >= 0.3 is 0 Å². The zero-order valence-electron chi connectivity index (χ0n) is 10.9. The summed E-state index contributed by atoms with van der Waals surface area (Å²) in [6, 6.07) is 11.9. The second-order valence-electron chi connectivity index (χ2n) is 4.35. The molecule has 0 spiro atoms. The Labute approximate surface area is 113 Å². The normalized spacial score (nSPS) is 11.2. The second-order valence-corrected chi connectivity index (χ2v) is 4.35. The van der Waals surface area contributed by atoms with E-state index >= 15 is 0 Å². The highest BCUT2D eigenvalue weighted by atomic mass is 16.3. The first-order valence-electron chi connectivity index (χ1n) is 6.48. The largest absolute Gasteiger partial charge is 0.465 e. The van der Waals surface area contributed by atoms with Crippen LogP contribution in [-0.4, -0.2) is 18.2 Å². The minimum atomic E-state index is 0.107. The summed E-state index contributed by atoms with van der Waals surface area (Å²) in [4.78, 5) is 0. The van der Waals surface area contributed by atoms with Crippen LogP contribution in [0.3, 0.4) is 0 Å². The first-order valence-corrected chi connectivity index (χ1v) is 6.48. The van der Waals surface area contributed by atoms with Gasteiger partial charge in [-0.1, -0.05) is 30.3 Å². The molecule has 100 valence electrons. The number of hydrogen-bond acceptors (Lipinski definition) is 3. The molecule has 0 atom stereocenters. The number of benzene rings is 1. The quantitative estimate of drug-likeness (QED) is 0.749. The molecule has 0 saturated heterocycles. The Balaban J connectivity index is 1.63. The topological polar surface area (TPSA) is 45.4 Å². The van der Waals surface area contributed by atoms with E-state index in [1.54, 1.807) is 6.26 Å². The number of nitrogens with one attached hydrogen (secondary N) is 1. The Morgan fingerprint density at radius 2 is 1.89 bits per heavy atom. The van der Waals surface area contributed by atoms with E-state index in [0.717, 1.165) is 30.8 Å². The van der Waals surface area contributed by atoms with Gasteiger partial charge in [0.25, 0.3) is 0 Å². The predicted molar refractivity (Wildman–Crippen MR) is 76.7 cm³/mol. The Morgan fingerprint density at radius 3 is 2.58 bits per heavy atom. The molecular formula is C16H19NO2. The number of hydrogen-bond donors (Lipinski definition) is 2. The van der Waals surface area contributed by atoms with Crippen LogP contribution >= 0.6 is 0 Å². The molecular weight excluding hydrogens is 238 g/mol. The van der Waals surface area contributed by atoms with Gasteiger partial charge in [0.05, 0.1) is 12.9 Å². The van der Waals surface area contributed by atoms with E-state index in [9.17, 15) is 0 Å². The minimum absolute atomic E-state index is 0.107. The summed E-state index contributed by atoms with van der Waals surface area (Å²) >= 11 is 0. The van der Waals surface area contributed by atoms with Crippen LogP contribution in [0.1, 0.15) is 16.9 Å². The van der Waals surface area contributed by atoms with Crippen molar-refractivity contribution < 1.29 is 9.52 Å². The van der Waals surface area contributed by atoms with Crippen molar-refractivity contribution in [1.29, 1.82) is 0 Å². The van der Waals surface area contributed by atoms with Gasteiger partial charge in [-0.15, -0.1) is 0 Å². The van der Waals surface area contributed by atoms with Gasteiger partial charge in [0, 0.05) is 6.54 Å². The van der Waals surface area contributed by atoms with E-state index in [1.807, 2.05) is 36.4 Å². The first-order chi connectivity index (χ1) is 9.38. The molecule has 2 N–H and O–H groups in total. The summed E-state index contributed by atoms with van der Waals surface area (Å²) in [5, 5.41) is 12.3. The molecule has 0 saturated carbocycles. The zero-order chi connectivity index (χ0) is 13.3. The van der Waals surface area contributed by atoms with Crippen molar-refractivity contribution in [2.45, 2.75) is 13.0 Å². The van der Waals surface area contributed by atoms with E-state index in [2.05, 4.69) is 17.4 Å². The molecule has 2 rings (SSSR count). The maximum Gasteiger partial charge on any atom is 0.126 e. The molecule has 1 aromatic heterocycles. The molecule has 0 aliphatic rings. The lowest BCUT2D eigenvalue weighted by molar-refractivity contribution is 0.282. The monoisotopic (exact) mass is 257 g/mol. The summed E-state index contributed by atoms with van der Waals surface area (Å²) in [5.41, 5.74) is 2.23. The number of aliphatic hydroxyl groups is 1. The molecule has 2 aromatic rings. The van der Waals surface area contributed by atoms with E-state index in [-0.39, 0.29) is 6.61 Å². The Morgan fingerprint density at radius 1 is 1.11 bits per heavy atom. The summed E-state index contributed by atoms with van der Waals surface area (Å²) in [6.07, 6.45) is 6.67. The van der Waals surface area contributed by atoms with E-state index < -0.39 is 0 Å². The lowest BCUT2D eigenvalue weighted by Gasteiger charge is -2.03. The summed E-state index contributed by atoms with van der Waals surface area (Å²) in [7, 11) is 0. The fraction of sp³-hybridized carbons (Fsp3) is 0.250. The third-order valence-electron chi connectivity index (χ3n) is 2.88. The van der Waals surface area contributed by atoms with Crippen LogP contribution in [0, 0.1) is 0 Å². The average Bonchev–Trinajstić information content (AvgIpc) is 2.96. The molecule has 3 heteroatoms. The van der Waals surface area contributed by atoms with Crippen molar-refractivity contribution in [3.05, 3.63) is 65.6 Å². The molecule has 0 aliphatic carbocycles. The van der Waals surface area contributed by atoms with Crippen molar-refractivity contribution >= 4 is 6.08 Å². The van der Waals surface area contributed by atoms with Crippen molar-refractivity contribution in [3.63, 3.8) is 0 Å². The second kappa shape index (κ2) is 7.56.